The Balaban J connectivity index is 1.36. The highest BCUT2D eigenvalue weighted by Gasteiger charge is 2.32. The van der Waals surface area contributed by atoms with Gasteiger partial charge in [-0.15, -0.1) is 0 Å². The summed E-state index contributed by atoms with van der Waals surface area (Å²) < 4.78 is 1.91. The number of benzene rings is 2. The van der Waals surface area contributed by atoms with Crippen LogP contribution in [-0.2, 0) is 9.59 Å². The molecule has 3 aromatic rings. The molecule has 2 aliphatic heterocycles. The van der Waals surface area contributed by atoms with Crippen molar-refractivity contribution in [2.24, 2.45) is 0 Å². The molecular weight excluding hydrogens is 473 g/mol. The maximum absolute atomic E-state index is 13.0. The molecule has 0 radical (unpaired) electrons. The van der Waals surface area contributed by atoms with Crippen molar-refractivity contribution in [3.8, 4) is 0 Å². The number of piperazine rings is 1. The fourth-order valence-corrected chi connectivity index (χ4v) is 5.46. The van der Waals surface area contributed by atoms with Crippen molar-refractivity contribution in [3.63, 3.8) is 0 Å². The summed E-state index contributed by atoms with van der Waals surface area (Å²) in [6.07, 6.45) is 4.79. The molecule has 0 spiro atoms. The summed E-state index contributed by atoms with van der Waals surface area (Å²) in [5.74, 6) is -0.0375. The van der Waals surface area contributed by atoms with Gasteiger partial charge in [-0.2, -0.15) is 5.10 Å². The largest absolute Gasteiger partial charge is 0.330 e. The molecule has 2 atom stereocenters. The number of carbonyl (C=O) groups excluding carboxylic acids is 2. The Morgan fingerprint density at radius 1 is 1.15 bits per heavy atom. The highest BCUT2D eigenvalue weighted by atomic mass is 35.5. The Morgan fingerprint density at radius 2 is 2.00 bits per heavy atom. The Kier molecular flexibility index (Phi) is 6.51. The van der Waals surface area contributed by atoms with Gasteiger partial charge in [-0.05, 0) is 62.2 Å². The van der Waals surface area contributed by atoms with Gasteiger partial charge < -0.3 is 15.1 Å². The van der Waals surface area contributed by atoms with Crippen molar-refractivity contribution >= 4 is 51.6 Å². The standard InChI is InChI=1S/C25H27Cl2N5O2/c1-16(20-8-6-18(26)12-21(20)27)32-23-13-19(7-5-17(23)14-29-32)31-11-10-30(15-24(31)33)25(34)22-4-2-3-9-28-22/h5-8,12-14,16,22,28H,2-4,9-11,15H2,1H3. The number of anilines is 1. The first kappa shape index (κ1) is 23.1. The van der Waals surface area contributed by atoms with Crippen LogP contribution in [-0.4, -0.2) is 58.7 Å². The van der Waals surface area contributed by atoms with Crippen molar-refractivity contribution in [1.82, 2.24) is 20.0 Å². The second-order valence-electron chi connectivity index (χ2n) is 8.98. The van der Waals surface area contributed by atoms with Crippen LogP contribution in [0.5, 0.6) is 0 Å². The van der Waals surface area contributed by atoms with E-state index in [2.05, 4.69) is 10.4 Å². The summed E-state index contributed by atoms with van der Waals surface area (Å²) in [7, 11) is 0. The number of piperidine rings is 1. The zero-order chi connectivity index (χ0) is 23.8. The van der Waals surface area contributed by atoms with Gasteiger partial charge in [0, 0.05) is 34.2 Å². The average Bonchev–Trinajstić information content (AvgIpc) is 3.27. The van der Waals surface area contributed by atoms with E-state index in [-0.39, 0.29) is 30.4 Å². The number of hydrogen-bond donors (Lipinski definition) is 1. The predicted molar refractivity (Wildman–Crippen MR) is 135 cm³/mol. The van der Waals surface area contributed by atoms with Crippen LogP contribution in [0.4, 0.5) is 5.69 Å². The molecule has 2 aromatic carbocycles. The summed E-state index contributed by atoms with van der Waals surface area (Å²) in [6.45, 7) is 3.98. The molecule has 5 rings (SSSR count). The third-order valence-corrected chi connectivity index (χ3v) is 7.38. The van der Waals surface area contributed by atoms with E-state index in [0.29, 0.717) is 23.1 Å². The second kappa shape index (κ2) is 9.56. The van der Waals surface area contributed by atoms with Crippen LogP contribution >= 0.6 is 23.2 Å². The van der Waals surface area contributed by atoms with Gasteiger partial charge in [0.1, 0.15) is 6.54 Å². The fraction of sp³-hybridized carbons (Fsp3) is 0.400. The lowest BCUT2D eigenvalue weighted by Crippen LogP contribution is -2.57. The SMILES string of the molecule is CC(c1ccc(Cl)cc1Cl)n1ncc2ccc(N3CCN(C(=O)C4CCCCN4)CC3=O)cc21. The molecule has 1 aromatic heterocycles. The Labute approximate surface area is 208 Å². The van der Waals surface area contributed by atoms with Gasteiger partial charge in [0.25, 0.3) is 0 Å². The summed E-state index contributed by atoms with van der Waals surface area (Å²) in [4.78, 5) is 29.3. The second-order valence-corrected chi connectivity index (χ2v) is 9.83. The zero-order valence-electron chi connectivity index (χ0n) is 19.0. The third kappa shape index (κ3) is 4.40. The van der Waals surface area contributed by atoms with Crippen molar-refractivity contribution in [2.45, 2.75) is 38.3 Å². The van der Waals surface area contributed by atoms with Gasteiger partial charge in [0.2, 0.25) is 11.8 Å². The van der Waals surface area contributed by atoms with Gasteiger partial charge in [-0.25, -0.2) is 0 Å². The van der Waals surface area contributed by atoms with Crippen molar-refractivity contribution in [1.29, 1.82) is 0 Å². The molecular formula is C25H27Cl2N5O2. The average molecular weight is 500 g/mol. The van der Waals surface area contributed by atoms with Gasteiger partial charge in [-0.3, -0.25) is 14.3 Å². The minimum atomic E-state index is -0.167. The van der Waals surface area contributed by atoms with Crippen molar-refractivity contribution in [3.05, 3.63) is 58.2 Å². The number of aromatic nitrogens is 2. The van der Waals surface area contributed by atoms with Crippen LogP contribution < -0.4 is 10.2 Å². The number of fused-ring (bicyclic) bond motifs is 1. The molecule has 0 aliphatic carbocycles. The van der Waals surface area contributed by atoms with Gasteiger partial charge >= 0.3 is 0 Å². The van der Waals surface area contributed by atoms with Crippen LogP contribution in [0.25, 0.3) is 10.9 Å². The van der Waals surface area contributed by atoms with E-state index in [1.807, 2.05) is 48.1 Å². The first-order valence-electron chi connectivity index (χ1n) is 11.7. The Morgan fingerprint density at radius 3 is 2.74 bits per heavy atom. The molecule has 3 heterocycles. The lowest BCUT2D eigenvalue weighted by Gasteiger charge is -2.37. The number of amides is 2. The van der Waals surface area contributed by atoms with E-state index in [1.54, 1.807) is 15.9 Å². The van der Waals surface area contributed by atoms with Crippen LogP contribution in [0.3, 0.4) is 0 Å². The lowest BCUT2D eigenvalue weighted by atomic mass is 10.0. The number of rotatable bonds is 4. The monoisotopic (exact) mass is 499 g/mol. The van der Waals surface area contributed by atoms with Gasteiger partial charge in [-0.1, -0.05) is 35.7 Å². The molecule has 2 saturated heterocycles. The number of nitrogens with one attached hydrogen (secondary N) is 1. The van der Waals surface area contributed by atoms with Crippen LogP contribution in [0.1, 0.15) is 37.8 Å². The zero-order valence-corrected chi connectivity index (χ0v) is 20.5. The quantitative estimate of drug-likeness (QED) is 0.581. The van der Waals surface area contributed by atoms with Crippen LogP contribution in [0, 0.1) is 0 Å². The first-order chi connectivity index (χ1) is 16.4. The van der Waals surface area contributed by atoms with Gasteiger partial charge in [0.05, 0.1) is 23.8 Å². The molecule has 2 unspecified atom stereocenters. The van der Waals surface area contributed by atoms with E-state index in [9.17, 15) is 9.59 Å². The Hall–Kier alpha value is -2.61. The maximum atomic E-state index is 13.0. The molecule has 0 bridgehead atoms. The minimum absolute atomic E-state index is 0.0369. The summed E-state index contributed by atoms with van der Waals surface area (Å²) in [5.41, 5.74) is 2.63. The molecule has 2 amide bonds. The van der Waals surface area contributed by atoms with Crippen molar-refractivity contribution < 1.29 is 9.59 Å². The summed E-state index contributed by atoms with van der Waals surface area (Å²) >= 11 is 12.5. The molecule has 2 aliphatic rings. The smallest absolute Gasteiger partial charge is 0.246 e. The van der Waals surface area contributed by atoms with Crippen LogP contribution in [0.15, 0.2) is 42.6 Å². The minimum Gasteiger partial charge on any atom is -0.330 e. The third-order valence-electron chi connectivity index (χ3n) is 6.81. The van der Waals surface area contributed by atoms with Crippen molar-refractivity contribution in [2.75, 3.05) is 31.1 Å². The molecule has 1 N–H and O–H groups in total. The number of hydrogen-bond acceptors (Lipinski definition) is 4. The van der Waals surface area contributed by atoms with Gasteiger partial charge in [0.15, 0.2) is 0 Å². The van der Waals surface area contributed by atoms with E-state index in [0.717, 1.165) is 48.0 Å². The summed E-state index contributed by atoms with van der Waals surface area (Å²) in [6, 6.07) is 11.1. The molecule has 7 nitrogen and oxygen atoms in total. The predicted octanol–water partition coefficient (Wildman–Crippen LogP) is 4.27. The number of halogens is 2. The van der Waals surface area contributed by atoms with E-state index in [4.69, 9.17) is 23.2 Å². The molecule has 34 heavy (non-hydrogen) atoms. The normalized spacial score (nSPS) is 20.1. The fourth-order valence-electron chi connectivity index (χ4n) is 4.89. The van der Waals surface area contributed by atoms with E-state index < -0.39 is 0 Å². The van der Waals surface area contributed by atoms with Crippen LogP contribution in [0.2, 0.25) is 10.0 Å². The first-order valence-corrected chi connectivity index (χ1v) is 12.4. The molecule has 178 valence electrons. The highest BCUT2D eigenvalue weighted by Crippen LogP contribution is 2.32. The van der Waals surface area contributed by atoms with E-state index >= 15 is 0 Å². The van der Waals surface area contributed by atoms with E-state index in [1.165, 1.54) is 0 Å². The highest BCUT2D eigenvalue weighted by molar-refractivity contribution is 6.35. The summed E-state index contributed by atoms with van der Waals surface area (Å²) in [5, 5.41) is 10.0. The maximum Gasteiger partial charge on any atom is 0.246 e. The lowest BCUT2D eigenvalue weighted by molar-refractivity contribution is -0.139. The topological polar surface area (TPSA) is 70.5 Å². The number of carbonyl (C=O) groups is 2. The molecule has 0 saturated carbocycles. The number of nitrogens with zero attached hydrogens (tertiary/aromatic N) is 4. The molecule has 9 heteroatoms. The molecule has 2 fully saturated rings. The Bertz CT molecular complexity index is 1240.